The molecule has 1 unspecified atom stereocenters. The third-order valence-corrected chi connectivity index (χ3v) is 4.15. The SMILES string of the molecule is CCC(C#N)S(=O)(=O)NCC(=O)c1ccccc1. The van der Waals surface area contributed by atoms with Gasteiger partial charge < -0.3 is 0 Å². The average Bonchev–Trinajstić information content (AvgIpc) is 2.38. The minimum Gasteiger partial charge on any atom is -0.293 e. The van der Waals surface area contributed by atoms with Crippen molar-refractivity contribution in [1.82, 2.24) is 4.72 Å². The fourth-order valence-corrected chi connectivity index (χ4v) is 2.48. The lowest BCUT2D eigenvalue weighted by Crippen LogP contribution is -2.36. The summed E-state index contributed by atoms with van der Waals surface area (Å²) in [5.74, 6) is -0.327. The van der Waals surface area contributed by atoms with Gasteiger partial charge in [-0.2, -0.15) is 5.26 Å². The van der Waals surface area contributed by atoms with E-state index in [9.17, 15) is 13.2 Å². The summed E-state index contributed by atoms with van der Waals surface area (Å²) in [6.45, 7) is 1.27. The smallest absolute Gasteiger partial charge is 0.228 e. The van der Waals surface area contributed by atoms with E-state index in [0.717, 1.165) is 0 Å². The average molecular weight is 266 g/mol. The predicted molar refractivity (Wildman–Crippen MR) is 67.4 cm³/mol. The van der Waals surface area contributed by atoms with Crippen LogP contribution in [-0.2, 0) is 10.0 Å². The zero-order chi connectivity index (χ0) is 13.6. The van der Waals surface area contributed by atoms with Crippen LogP contribution in [0.15, 0.2) is 30.3 Å². The molecule has 0 spiro atoms. The summed E-state index contributed by atoms with van der Waals surface area (Å²) in [4.78, 5) is 11.7. The molecule has 0 saturated heterocycles. The lowest BCUT2D eigenvalue weighted by Gasteiger charge is -2.09. The Morgan fingerprint density at radius 2 is 2.00 bits per heavy atom. The number of ketones is 1. The molecule has 1 rings (SSSR count). The van der Waals surface area contributed by atoms with Crippen LogP contribution in [-0.4, -0.2) is 26.0 Å². The van der Waals surface area contributed by atoms with Crippen LogP contribution in [0.2, 0.25) is 0 Å². The third kappa shape index (κ3) is 3.65. The molecule has 1 aromatic carbocycles. The van der Waals surface area contributed by atoms with Gasteiger partial charge in [-0.25, -0.2) is 13.1 Å². The highest BCUT2D eigenvalue weighted by Crippen LogP contribution is 2.04. The Kier molecular flexibility index (Phi) is 5.01. The molecule has 0 heterocycles. The van der Waals surface area contributed by atoms with Crippen LogP contribution >= 0.6 is 0 Å². The summed E-state index contributed by atoms with van der Waals surface area (Å²) >= 11 is 0. The predicted octanol–water partition coefficient (Wildman–Crippen LogP) is 1.09. The van der Waals surface area contributed by atoms with Crippen molar-refractivity contribution in [2.45, 2.75) is 18.6 Å². The molecule has 1 N–H and O–H groups in total. The number of hydrogen-bond acceptors (Lipinski definition) is 4. The van der Waals surface area contributed by atoms with Crippen molar-refractivity contribution in [3.8, 4) is 6.07 Å². The second-order valence-electron chi connectivity index (χ2n) is 3.68. The molecular formula is C12H14N2O3S. The molecule has 6 heteroatoms. The number of rotatable bonds is 6. The van der Waals surface area contributed by atoms with Gasteiger partial charge in [0, 0.05) is 5.56 Å². The Morgan fingerprint density at radius 1 is 1.39 bits per heavy atom. The number of carbonyl (C=O) groups excluding carboxylic acids is 1. The van der Waals surface area contributed by atoms with Gasteiger partial charge in [-0.15, -0.1) is 0 Å². The Labute approximate surface area is 106 Å². The molecular weight excluding hydrogens is 252 g/mol. The molecule has 0 aliphatic heterocycles. The molecule has 0 fully saturated rings. The molecule has 0 radical (unpaired) electrons. The summed E-state index contributed by atoms with van der Waals surface area (Å²) in [5, 5.41) is 7.57. The molecule has 0 aliphatic carbocycles. The highest BCUT2D eigenvalue weighted by molar-refractivity contribution is 7.90. The van der Waals surface area contributed by atoms with E-state index in [0.29, 0.717) is 5.56 Å². The number of Topliss-reactive ketones (excluding diaryl/α,β-unsaturated/α-hetero) is 1. The number of hydrogen-bond donors (Lipinski definition) is 1. The Morgan fingerprint density at radius 3 is 2.50 bits per heavy atom. The Balaban J connectivity index is 2.67. The number of nitriles is 1. The van der Waals surface area contributed by atoms with Crippen LogP contribution in [0.25, 0.3) is 0 Å². The third-order valence-electron chi connectivity index (χ3n) is 2.42. The van der Waals surface area contributed by atoms with Gasteiger partial charge in [-0.05, 0) is 6.42 Å². The maximum absolute atomic E-state index is 11.7. The topological polar surface area (TPSA) is 87.0 Å². The second kappa shape index (κ2) is 6.28. The van der Waals surface area contributed by atoms with Crippen LogP contribution in [0.5, 0.6) is 0 Å². The van der Waals surface area contributed by atoms with Crippen molar-refractivity contribution >= 4 is 15.8 Å². The maximum Gasteiger partial charge on any atom is 0.228 e. The van der Waals surface area contributed by atoms with Crippen LogP contribution in [0.1, 0.15) is 23.7 Å². The van der Waals surface area contributed by atoms with E-state index in [-0.39, 0.29) is 18.7 Å². The molecule has 0 amide bonds. The molecule has 96 valence electrons. The normalized spacial score (nSPS) is 12.7. The standard InChI is InChI=1S/C12H14N2O3S/c1-2-11(8-13)18(16,17)14-9-12(15)10-6-4-3-5-7-10/h3-7,11,14H,2,9H2,1H3. The zero-order valence-electron chi connectivity index (χ0n) is 9.96. The summed E-state index contributed by atoms with van der Waals surface area (Å²) in [6, 6.07) is 10.1. The van der Waals surface area contributed by atoms with E-state index in [1.807, 2.05) is 0 Å². The molecule has 0 saturated carbocycles. The van der Waals surface area contributed by atoms with Gasteiger partial charge in [0.1, 0.15) is 0 Å². The molecule has 1 aromatic rings. The van der Waals surface area contributed by atoms with Crippen molar-refractivity contribution in [3.05, 3.63) is 35.9 Å². The van der Waals surface area contributed by atoms with Gasteiger partial charge in [0.05, 0.1) is 12.6 Å². The lowest BCUT2D eigenvalue weighted by atomic mass is 10.1. The van der Waals surface area contributed by atoms with Crippen molar-refractivity contribution in [2.24, 2.45) is 0 Å². The van der Waals surface area contributed by atoms with Gasteiger partial charge in [-0.3, -0.25) is 4.79 Å². The highest BCUT2D eigenvalue weighted by atomic mass is 32.2. The van der Waals surface area contributed by atoms with Crippen LogP contribution in [0.4, 0.5) is 0 Å². The molecule has 0 bridgehead atoms. The van der Waals surface area contributed by atoms with Crippen molar-refractivity contribution in [3.63, 3.8) is 0 Å². The summed E-state index contributed by atoms with van der Waals surface area (Å²) < 4.78 is 25.4. The molecule has 18 heavy (non-hydrogen) atoms. The van der Waals surface area contributed by atoms with Gasteiger partial charge in [-0.1, -0.05) is 37.3 Å². The van der Waals surface area contributed by atoms with Crippen LogP contribution in [0, 0.1) is 11.3 Å². The zero-order valence-corrected chi connectivity index (χ0v) is 10.8. The molecule has 1 atom stereocenters. The minimum atomic E-state index is -3.76. The molecule has 5 nitrogen and oxygen atoms in total. The van der Waals surface area contributed by atoms with Gasteiger partial charge >= 0.3 is 0 Å². The maximum atomic E-state index is 11.7. The quantitative estimate of drug-likeness (QED) is 0.781. The van der Waals surface area contributed by atoms with Gasteiger partial charge in [0.25, 0.3) is 0 Å². The second-order valence-corrected chi connectivity index (χ2v) is 5.63. The first-order valence-corrected chi connectivity index (χ1v) is 7.02. The summed E-state index contributed by atoms with van der Waals surface area (Å²) in [7, 11) is -3.76. The molecule has 0 aliphatic rings. The Bertz CT molecular complexity index is 546. The van der Waals surface area contributed by atoms with Gasteiger partial charge in [0.15, 0.2) is 11.0 Å². The Hall–Kier alpha value is -1.71. The van der Waals surface area contributed by atoms with Crippen LogP contribution in [0.3, 0.4) is 0 Å². The first kappa shape index (κ1) is 14.4. The number of nitrogens with one attached hydrogen (secondary N) is 1. The van der Waals surface area contributed by atoms with Crippen molar-refractivity contribution in [2.75, 3.05) is 6.54 Å². The van der Waals surface area contributed by atoms with Crippen molar-refractivity contribution in [1.29, 1.82) is 5.26 Å². The fourth-order valence-electron chi connectivity index (χ4n) is 1.37. The van der Waals surface area contributed by atoms with E-state index < -0.39 is 15.3 Å². The fraction of sp³-hybridized carbons (Fsp3) is 0.333. The van der Waals surface area contributed by atoms with E-state index >= 15 is 0 Å². The first-order chi connectivity index (χ1) is 8.51. The largest absolute Gasteiger partial charge is 0.293 e. The number of nitrogens with zero attached hydrogens (tertiary/aromatic N) is 1. The first-order valence-electron chi connectivity index (χ1n) is 5.47. The van der Waals surface area contributed by atoms with Crippen LogP contribution < -0.4 is 4.72 Å². The summed E-state index contributed by atoms with van der Waals surface area (Å²) in [5.41, 5.74) is 0.435. The van der Waals surface area contributed by atoms with E-state index in [2.05, 4.69) is 4.72 Å². The number of benzene rings is 1. The van der Waals surface area contributed by atoms with E-state index in [1.165, 1.54) is 0 Å². The van der Waals surface area contributed by atoms with E-state index in [4.69, 9.17) is 5.26 Å². The monoisotopic (exact) mass is 266 g/mol. The number of sulfonamides is 1. The number of carbonyl (C=O) groups is 1. The van der Waals surface area contributed by atoms with E-state index in [1.54, 1.807) is 43.3 Å². The summed E-state index contributed by atoms with van der Waals surface area (Å²) in [6.07, 6.45) is 0.186. The molecule has 0 aromatic heterocycles. The lowest BCUT2D eigenvalue weighted by molar-refractivity contribution is 0.0997. The highest BCUT2D eigenvalue weighted by Gasteiger charge is 2.23. The van der Waals surface area contributed by atoms with Crippen molar-refractivity contribution < 1.29 is 13.2 Å². The minimum absolute atomic E-state index is 0.186. The van der Waals surface area contributed by atoms with Gasteiger partial charge in [0.2, 0.25) is 10.0 Å².